The van der Waals surface area contributed by atoms with E-state index < -0.39 is 6.10 Å². The van der Waals surface area contributed by atoms with E-state index >= 15 is 0 Å². The molecule has 0 saturated heterocycles. The second kappa shape index (κ2) is 4.28. The molecule has 1 heterocycles. The van der Waals surface area contributed by atoms with Crippen LogP contribution in [0.15, 0.2) is 30.5 Å². The van der Waals surface area contributed by atoms with Crippen LogP contribution in [0.25, 0.3) is 0 Å². The molecule has 0 radical (unpaired) electrons. The molecule has 0 aliphatic carbocycles. The van der Waals surface area contributed by atoms with Crippen LogP contribution in [0.5, 0.6) is 0 Å². The number of hydrogen-bond donors (Lipinski definition) is 1. The molecular formula is C12H13ClN2O. The average Bonchev–Trinajstić information content (AvgIpc) is 2.68. The van der Waals surface area contributed by atoms with Gasteiger partial charge < -0.3 is 5.11 Å². The second-order valence-corrected chi connectivity index (χ2v) is 4.18. The highest BCUT2D eigenvalue weighted by atomic mass is 35.5. The Bertz CT molecular complexity index is 507. The highest BCUT2D eigenvalue weighted by Gasteiger charge is 2.16. The Hall–Kier alpha value is -1.32. The van der Waals surface area contributed by atoms with E-state index in [0.29, 0.717) is 10.7 Å². The molecule has 1 aromatic heterocycles. The lowest BCUT2D eigenvalue weighted by Gasteiger charge is -2.12. The van der Waals surface area contributed by atoms with Crippen LogP contribution >= 0.6 is 11.6 Å². The van der Waals surface area contributed by atoms with Crippen LogP contribution in [-0.2, 0) is 7.05 Å². The number of benzene rings is 1. The van der Waals surface area contributed by atoms with Crippen LogP contribution < -0.4 is 0 Å². The first kappa shape index (κ1) is 11.2. The summed E-state index contributed by atoms with van der Waals surface area (Å²) in [4.78, 5) is 0. The first-order valence-electron chi connectivity index (χ1n) is 5.02. The Labute approximate surface area is 99.3 Å². The van der Waals surface area contributed by atoms with Gasteiger partial charge in [0.15, 0.2) is 0 Å². The summed E-state index contributed by atoms with van der Waals surface area (Å²) in [6.07, 6.45) is 1.08. The van der Waals surface area contributed by atoms with E-state index in [4.69, 9.17) is 11.6 Å². The highest BCUT2D eigenvalue weighted by molar-refractivity contribution is 6.31. The Morgan fingerprint density at radius 1 is 1.38 bits per heavy atom. The van der Waals surface area contributed by atoms with E-state index in [1.165, 1.54) is 0 Å². The van der Waals surface area contributed by atoms with Gasteiger partial charge in [0.1, 0.15) is 6.10 Å². The van der Waals surface area contributed by atoms with Gasteiger partial charge in [-0.05, 0) is 30.2 Å². The number of halogens is 1. The number of aliphatic hydroxyl groups excluding tert-OH is 1. The molecule has 0 saturated carbocycles. The average molecular weight is 237 g/mol. The topological polar surface area (TPSA) is 38.0 Å². The fraction of sp³-hybridized carbons (Fsp3) is 0.250. The zero-order valence-corrected chi connectivity index (χ0v) is 9.94. The molecule has 1 aromatic carbocycles. The molecule has 84 valence electrons. The Balaban J connectivity index is 2.41. The number of rotatable bonds is 2. The molecule has 0 aliphatic heterocycles. The number of hydrogen-bond acceptors (Lipinski definition) is 2. The van der Waals surface area contributed by atoms with Crippen LogP contribution in [0, 0.1) is 6.92 Å². The van der Waals surface area contributed by atoms with Gasteiger partial charge in [-0.3, -0.25) is 4.68 Å². The van der Waals surface area contributed by atoms with Crippen molar-refractivity contribution in [2.45, 2.75) is 13.0 Å². The van der Waals surface area contributed by atoms with E-state index in [0.717, 1.165) is 11.1 Å². The number of aliphatic hydroxyl groups is 1. The molecule has 0 bridgehead atoms. The predicted octanol–water partition coefficient (Wildman–Crippen LogP) is 2.46. The fourth-order valence-electron chi connectivity index (χ4n) is 1.66. The molecule has 1 unspecified atom stereocenters. The Morgan fingerprint density at radius 3 is 2.75 bits per heavy atom. The van der Waals surface area contributed by atoms with Crippen molar-refractivity contribution in [3.63, 3.8) is 0 Å². The summed E-state index contributed by atoms with van der Waals surface area (Å²) >= 11 is 6.01. The second-order valence-electron chi connectivity index (χ2n) is 3.77. The van der Waals surface area contributed by atoms with Crippen LogP contribution in [0.2, 0.25) is 5.02 Å². The summed E-state index contributed by atoms with van der Waals surface area (Å²) in [5.41, 5.74) is 2.32. The Kier molecular flexibility index (Phi) is 2.99. The van der Waals surface area contributed by atoms with E-state index in [1.807, 2.05) is 32.2 Å². The van der Waals surface area contributed by atoms with Gasteiger partial charge in [0.05, 0.1) is 5.69 Å². The molecular weight excluding hydrogens is 224 g/mol. The van der Waals surface area contributed by atoms with Crippen LogP contribution in [0.1, 0.15) is 22.9 Å². The van der Waals surface area contributed by atoms with Crippen molar-refractivity contribution in [1.29, 1.82) is 0 Å². The van der Waals surface area contributed by atoms with E-state index in [-0.39, 0.29) is 0 Å². The van der Waals surface area contributed by atoms with E-state index in [1.54, 1.807) is 16.9 Å². The summed E-state index contributed by atoms with van der Waals surface area (Å²) in [6.45, 7) is 1.89. The summed E-state index contributed by atoms with van der Waals surface area (Å²) in [5.74, 6) is 0. The van der Waals surface area contributed by atoms with E-state index in [9.17, 15) is 5.11 Å². The van der Waals surface area contributed by atoms with Gasteiger partial charge in [-0.25, -0.2) is 0 Å². The lowest BCUT2D eigenvalue weighted by atomic mass is 10.0. The van der Waals surface area contributed by atoms with Gasteiger partial charge in [0, 0.05) is 18.3 Å². The standard InChI is InChI=1S/C12H13ClN2O/c1-8-9(4-3-5-10(8)13)12(16)11-6-7-15(2)14-11/h3-7,12,16H,1-2H3. The maximum Gasteiger partial charge on any atom is 0.123 e. The molecule has 0 aliphatic rings. The maximum atomic E-state index is 10.2. The monoisotopic (exact) mass is 236 g/mol. The number of aryl methyl sites for hydroxylation is 1. The van der Waals surface area contributed by atoms with Crippen molar-refractivity contribution < 1.29 is 5.11 Å². The van der Waals surface area contributed by atoms with Gasteiger partial charge >= 0.3 is 0 Å². The van der Waals surface area contributed by atoms with Crippen molar-refractivity contribution in [1.82, 2.24) is 9.78 Å². The lowest BCUT2D eigenvalue weighted by molar-refractivity contribution is 0.213. The van der Waals surface area contributed by atoms with Crippen molar-refractivity contribution in [3.8, 4) is 0 Å². The minimum atomic E-state index is -0.722. The summed E-state index contributed by atoms with van der Waals surface area (Å²) in [7, 11) is 1.82. The maximum absolute atomic E-state index is 10.2. The normalized spacial score (nSPS) is 12.8. The molecule has 4 heteroatoms. The first-order chi connectivity index (χ1) is 7.59. The molecule has 0 fully saturated rings. The lowest BCUT2D eigenvalue weighted by Crippen LogP contribution is -2.04. The van der Waals surface area contributed by atoms with Gasteiger partial charge in [-0.2, -0.15) is 5.10 Å². The first-order valence-corrected chi connectivity index (χ1v) is 5.40. The van der Waals surface area contributed by atoms with Crippen molar-refractivity contribution >= 4 is 11.6 Å². The number of aromatic nitrogens is 2. The van der Waals surface area contributed by atoms with Crippen LogP contribution in [0.4, 0.5) is 0 Å². The predicted molar refractivity (Wildman–Crippen MR) is 63.5 cm³/mol. The zero-order valence-electron chi connectivity index (χ0n) is 9.18. The van der Waals surface area contributed by atoms with Gasteiger partial charge in [-0.1, -0.05) is 23.7 Å². The van der Waals surface area contributed by atoms with Gasteiger partial charge in [0.25, 0.3) is 0 Å². The third-order valence-corrected chi connectivity index (χ3v) is 3.03. The van der Waals surface area contributed by atoms with E-state index in [2.05, 4.69) is 5.10 Å². The van der Waals surface area contributed by atoms with Crippen molar-refractivity contribution in [2.75, 3.05) is 0 Å². The van der Waals surface area contributed by atoms with Crippen molar-refractivity contribution in [3.05, 3.63) is 52.3 Å². The minimum absolute atomic E-state index is 0.632. The molecule has 2 aromatic rings. The summed E-state index contributed by atoms with van der Waals surface area (Å²) in [6, 6.07) is 7.30. The summed E-state index contributed by atoms with van der Waals surface area (Å²) in [5, 5.41) is 15.0. The minimum Gasteiger partial charge on any atom is -0.382 e. The third kappa shape index (κ3) is 1.96. The number of nitrogens with zero attached hydrogens (tertiary/aromatic N) is 2. The van der Waals surface area contributed by atoms with Crippen molar-refractivity contribution in [2.24, 2.45) is 7.05 Å². The highest BCUT2D eigenvalue weighted by Crippen LogP contribution is 2.27. The molecule has 1 atom stereocenters. The molecule has 16 heavy (non-hydrogen) atoms. The quantitative estimate of drug-likeness (QED) is 0.870. The SMILES string of the molecule is Cc1c(Cl)cccc1C(O)c1ccn(C)n1. The third-order valence-electron chi connectivity index (χ3n) is 2.62. The van der Waals surface area contributed by atoms with Gasteiger partial charge in [-0.15, -0.1) is 0 Å². The molecule has 1 N–H and O–H groups in total. The zero-order chi connectivity index (χ0) is 11.7. The largest absolute Gasteiger partial charge is 0.382 e. The molecule has 0 amide bonds. The van der Waals surface area contributed by atoms with Crippen LogP contribution in [-0.4, -0.2) is 14.9 Å². The molecule has 2 rings (SSSR count). The fourth-order valence-corrected chi connectivity index (χ4v) is 1.84. The smallest absolute Gasteiger partial charge is 0.123 e. The molecule has 0 spiro atoms. The van der Waals surface area contributed by atoms with Crippen LogP contribution in [0.3, 0.4) is 0 Å². The molecule has 3 nitrogen and oxygen atoms in total. The van der Waals surface area contributed by atoms with Gasteiger partial charge in [0.2, 0.25) is 0 Å². The Morgan fingerprint density at radius 2 is 2.12 bits per heavy atom. The summed E-state index contributed by atoms with van der Waals surface area (Å²) < 4.78 is 1.67.